The van der Waals surface area contributed by atoms with Crippen molar-refractivity contribution in [3.8, 4) is 0 Å². The SMILES string of the molecule is CC1CCCCN1C(O)(C(=O)O)c1ccccc1. The minimum atomic E-state index is -1.92. The Labute approximate surface area is 107 Å². The van der Waals surface area contributed by atoms with Crippen molar-refractivity contribution in [2.24, 2.45) is 0 Å². The molecule has 0 amide bonds. The Kier molecular flexibility index (Phi) is 3.68. The number of carboxylic acids is 1. The first-order valence-electron chi connectivity index (χ1n) is 6.35. The highest BCUT2D eigenvalue weighted by molar-refractivity contribution is 5.78. The Morgan fingerprint density at radius 1 is 1.33 bits per heavy atom. The predicted molar refractivity (Wildman–Crippen MR) is 68.0 cm³/mol. The third-order valence-electron chi connectivity index (χ3n) is 3.69. The van der Waals surface area contributed by atoms with Crippen LogP contribution in [0.2, 0.25) is 0 Å². The van der Waals surface area contributed by atoms with E-state index in [0.29, 0.717) is 12.1 Å². The summed E-state index contributed by atoms with van der Waals surface area (Å²) >= 11 is 0. The summed E-state index contributed by atoms with van der Waals surface area (Å²) in [5.41, 5.74) is -1.49. The van der Waals surface area contributed by atoms with Gasteiger partial charge in [-0.25, -0.2) is 4.79 Å². The van der Waals surface area contributed by atoms with E-state index in [4.69, 9.17) is 0 Å². The Morgan fingerprint density at radius 3 is 2.56 bits per heavy atom. The first-order valence-corrected chi connectivity index (χ1v) is 6.35. The van der Waals surface area contributed by atoms with E-state index in [2.05, 4.69) is 0 Å². The minimum absolute atomic E-state index is 0.0695. The van der Waals surface area contributed by atoms with Crippen LogP contribution in [0.4, 0.5) is 0 Å². The monoisotopic (exact) mass is 249 g/mol. The fourth-order valence-corrected chi connectivity index (χ4v) is 2.66. The molecule has 0 spiro atoms. The molecule has 98 valence electrons. The highest BCUT2D eigenvalue weighted by atomic mass is 16.4. The molecule has 1 aromatic rings. The van der Waals surface area contributed by atoms with E-state index in [-0.39, 0.29) is 6.04 Å². The van der Waals surface area contributed by atoms with Gasteiger partial charge in [0.25, 0.3) is 0 Å². The second-order valence-corrected chi connectivity index (χ2v) is 4.88. The molecule has 0 saturated carbocycles. The van der Waals surface area contributed by atoms with Gasteiger partial charge in [-0.15, -0.1) is 0 Å². The molecule has 4 nitrogen and oxygen atoms in total. The normalized spacial score (nSPS) is 24.4. The molecule has 2 rings (SSSR count). The van der Waals surface area contributed by atoms with Gasteiger partial charge in [0.15, 0.2) is 0 Å². The predicted octanol–water partition coefficient (Wildman–Crippen LogP) is 1.79. The third-order valence-corrected chi connectivity index (χ3v) is 3.69. The molecule has 0 radical (unpaired) electrons. The van der Waals surface area contributed by atoms with Crippen molar-refractivity contribution in [2.45, 2.75) is 38.0 Å². The lowest BCUT2D eigenvalue weighted by atomic mass is 9.94. The number of benzene rings is 1. The maximum Gasteiger partial charge on any atom is 0.356 e. The van der Waals surface area contributed by atoms with Gasteiger partial charge < -0.3 is 10.2 Å². The number of hydrogen-bond donors (Lipinski definition) is 2. The number of rotatable bonds is 3. The summed E-state index contributed by atoms with van der Waals surface area (Å²) in [6.45, 7) is 2.58. The summed E-state index contributed by atoms with van der Waals surface area (Å²) in [5.74, 6) is -1.21. The maximum absolute atomic E-state index is 11.6. The number of carbonyl (C=O) groups is 1. The Morgan fingerprint density at radius 2 is 2.00 bits per heavy atom. The molecule has 1 aromatic carbocycles. The fourth-order valence-electron chi connectivity index (χ4n) is 2.66. The molecule has 1 aliphatic rings. The van der Waals surface area contributed by atoms with Crippen molar-refractivity contribution in [3.05, 3.63) is 35.9 Å². The molecular weight excluding hydrogens is 230 g/mol. The molecule has 2 unspecified atom stereocenters. The summed E-state index contributed by atoms with van der Waals surface area (Å²) in [6, 6.07) is 8.70. The van der Waals surface area contributed by atoms with Gasteiger partial charge in [-0.3, -0.25) is 4.90 Å². The molecule has 2 atom stereocenters. The van der Waals surface area contributed by atoms with Crippen molar-refractivity contribution in [1.29, 1.82) is 0 Å². The van der Waals surface area contributed by atoms with Crippen LogP contribution in [0.3, 0.4) is 0 Å². The summed E-state index contributed by atoms with van der Waals surface area (Å²) in [6.07, 6.45) is 2.93. The lowest BCUT2D eigenvalue weighted by molar-refractivity contribution is -0.194. The number of nitrogens with zero attached hydrogens (tertiary/aromatic N) is 1. The van der Waals surface area contributed by atoms with Crippen molar-refractivity contribution in [3.63, 3.8) is 0 Å². The number of likely N-dealkylation sites (tertiary alicyclic amines) is 1. The van der Waals surface area contributed by atoms with Crippen LogP contribution in [0.25, 0.3) is 0 Å². The van der Waals surface area contributed by atoms with Gasteiger partial charge in [-0.1, -0.05) is 36.8 Å². The standard InChI is InChI=1S/C14H19NO3/c1-11-7-5-6-10-15(11)14(18,13(16)17)12-8-3-2-4-9-12/h2-4,8-9,11,18H,5-7,10H2,1H3,(H,16,17). The van der Waals surface area contributed by atoms with Crippen LogP contribution < -0.4 is 0 Å². The maximum atomic E-state index is 11.6. The molecule has 1 saturated heterocycles. The Balaban J connectivity index is 2.41. The lowest BCUT2D eigenvalue weighted by Crippen LogP contribution is -2.57. The molecular formula is C14H19NO3. The van der Waals surface area contributed by atoms with E-state index in [0.717, 1.165) is 19.3 Å². The zero-order chi connectivity index (χ0) is 13.2. The van der Waals surface area contributed by atoms with Crippen LogP contribution in [0, 0.1) is 0 Å². The average Bonchev–Trinajstić information content (AvgIpc) is 2.39. The second kappa shape index (κ2) is 5.08. The first-order chi connectivity index (χ1) is 8.56. The van der Waals surface area contributed by atoms with Crippen LogP contribution in [-0.2, 0) is 10.5 Å². The van der Waals surface area contributed by atoms with Crippen LogP contribution in [0.1, 0.15) is 31.7 Å². The van der Waals surface area contributed by atoms with Gasteiger partial charge in [0.1, 0.15) is 0 Å². The Hall–Kier alpha value is -1.39. The van der Waals surface area contributed by atoms with E-state index in [1.807, 2.05) is 13.0 Å². The van der Waals surface area contributed by atoms with E-state index in [1.165, 1.54) is 0 Å². The minimum Gasteiger partial charge on any atom is -0.478 e. The number of carboxylic acid groups (broad SMARTS) is 1. The molecule has 2 N–H and O–H groups in total. The quantitative estimate of drug-likeness (QED) is 0.857. The zero-order valence-electron chi connectivity index (χ0n) is 10.5. The summed E-state index contributed by atoms with van der Waals surface area (Å²) in [4.78, 5) is 13.3. The smallest absolute Gasteiger partial charge is 0.356 e. The van der Waals surface area contributed by atoms with Crippen LogP contribution in [0.5, 0.6) is 0 Å². The van der Waals surface area contributed by atoms with Crippen molar-refractivity contribution < 1.29 is 15.0 Å². The lowest BCUT2D eigenvalue weighted by Gasteiger charge is -2.43. The first kappa shape index (κ1) is 13.1. The number of aliphatic hydroxyl groups is 1. The van der Waals surface area contributed by atoms with Gasteiger partial charge in [0, 0.05) is 18.2 Å². The molecule has 0 bridgehead atoms. The van der Waals surface area contributed by atoms with Gasteiger partial charge in [0.2, 0.25) is 5.72 Å². The second-order valence-electron chi connectivity index (χ2n) is 4.88. The van der Waals surface area contributed by atoms with E-state index < -0.39 is 11.7 Å². The number of hydrogen-bond acceptors (Lipinski definition) is 3. The highest BCUT2D eigenvalue weighted by Gasteiger charge is 2.46. The van der Waals surface area contributed by atoms with E-state index in [1.54, 1.807) is 29.2 Å². The van der Waals surface area contributed by atoms with Gasteiger partial charge in [-0.2, -0.15) is 0 Å². The molecule has 1 fully saturated rings. The molecule has 1 heterocycles. The van der Waals surface area contributed by atoms with E-state index in [9.17, 15) is 15.0 Å². The van der Waals surface area contributed by atoms with Gasteiger partial charge in [0.05, 0.1) is 0 Å². The largest absolute Gasteiger partial charge is 0.478 e. The van der Waals surface area contributed by atoms with Gasteiger partial charge >= 0.3 is 5.97 Å². The molecule has 0 aliphatic carbocycles. The van der Waals surface area contributed by atoms with E-state index >= 15 is 0 Å². The molecule has 4 heteroatoms. The van der Waals surface area contributed by atoms with Crippen molar-refractivity contribution in [1.82, 2.24) is 4.90 Å². The van der Waals surface area contributed by atoms with Crippen molar-refractivity contribution in [2.75, 3.05) is 6.54 Å². The van der Waals surface area contributed by atoms with Crippen molar-refractivity contribution >= 4 is 5.97 Å². The topological polar surface area (TPSA) is 60.8 Å². The van der Waals surface area contributed by atoms with Crippen LogP contribution in [0.15, 0.2) is 30.3 Å². The number of piperidine rings is 1. The summed E-state index contributed by atoms with van der Waals surface area (Å²) in [7, 11) is 0. The summed E-state index contributed by atoms with van der Waals surface area (Å²) < 4.78 is 0. The van der Waals surface area contributed by atoms with Gasteiger partial charge in [-0.05, 0) is 19.8 Å². The molecule has 0 aromatic heterocycles. The number of aliphatic carboxylic acids is 1. The third kappa shape index (κ3) is 2.13. The molecule has 1 aliphatic heterocycles. The Bertz CT molecular complexity index is 420. The average molecular weight is 249 g/mol. The molecule has 18 heavy (non-hydrogen) atoms. The van der Waals surface area contributed by atoms with Crippen LogP contribution >= 0.6 is 0 Å². The van der Waals surface area contributed by atoms with Crippen LogP contribution in [-0.4, -0.2) is 33.7 Å². The highest BCUT2D eigenvalue weighted by Crippen LogP contribution is 2.32. The fraction of sp³-hybridized carbons (Fsp3) is 0.500. The zero-order valence-corrected chi connectivity index (χ0v) is 10.5. The summed E-state index contributed by atoms with van der Waals surface area (Å²) in [5, 5.41) is 20.1.